The van der Waals surface area contributed by atoms with E-state index in [1.807, 2.05) is 0 Å². The van der Waals surface area contributed by atoms with E-state index in [9.17, 15) is 13.6 Å². The van der Waals surface area contributed by atoms with Gasteiger partial charge in [-0.2, -0.15) is 0 Å². The maximum Gasteiger partial charge on any atom is 0.259 e. The first-order chi connectivity index (χ1) is 9.40. The normalized spacial score (nSPS) is 10.4. The van der Waals surface area contributed by atoms with E-state index in [0.717, 1.165) is 12.1 Å². The summed E-state index contributed by atoms with van der Waals surface area (Å²) < 4.78 is 26.5. The van der Waals surface area contributed by atoms with Crippen molar-refractivity contribution in [3.8, 4) is 0 Å². The van der Waals surface area contributed by atoms with E-state index < -0.39 is 23.1 Å². The lowest BCUT2D eigenvalue weighted by Gasteiger charge is -2.09. The summed E-state index contributed by atoms with van der Waals surface area (Å²) in [5.74, 6) is -3.16. The number of benzene rings is 1. The summed E-state index contributed by atoms with van der Waals surface area (Å²) in [6.07, 6.45) is 0. The van der Waals surface area contributed by atoms with Crippen LogP contribution < -0.4 is 5.32 Å². The van der Waals surface area contributed by atoms with E-state index >= 15 is 0 Å². The molecule has 20 heavy (non-hydrogen) atoms. The first kappa shape index (κ1) is 14.7. The lowest BCUT2D eigenvalue weighted by Crippen LogP contribution is -2.16. The Labute approximate surface area is 123 Å². The third kappa shape index (κ3) is 2.89. The molecule has 0 saturated heterocycles. The summed E-state index contributed by atoms with van der Waals surface area (Å²) in [6, 6.07) is 4.71. The molecule has 0 fully saturated rings. The summed E-state index contributed by atoms with van der Waals surface area (Å²) in [6.45, 7) is 1.62. The van der Waals surface area contributed by atoms with E-state index in [2.05, 4.69) is 10.3 Å². The number of hydrogen-bond acceptors (Lipinski definition) is 2. The van der Waals surface area contributed by atoms with Gasteiger partial charge in [-0.05, 0) is 25.1 Å². The van der Waals surface area contributed by atoms with Gasteiger partial charge in [0, 0.05) is 0 Å². The van der Waals surface area contributed by atoms with Crippen LogP contribution in [0.3, 0.4) is 0 Å². The molecule has 0 aliphatic carbocycles. The van der Waals surface area contributed by atoms with Gasteiger partial charge in [0.2, 0.25) is 0 Å². The van der Waals surface area contributed by atoms with Gasteiger partial charge in [0.15, 0.2) is 17.5 Å². The molecule has 2 aromatic rings. The van der Waals surface area contributed by atoms with Gasteiger partial charge >= 0.3 is 0 Å². The van der Waals surface area contributed by atoms with Crippen LogP contribution in [0.2, 0.25) is 10.0 Å². The second-order valence-electron chi connectivity index (χ2n) is 3.94. The number of rotatable bonds is 2. The van der Waals surface area contributed by atoms with Crippen LogP contribution in [0.15, 0.2) is 24.3 Å². The number of nitrogens with zero attached hydrogens (tertiary/aromatic N) is 1. The van der Waals surface area contributed by atoms with Gasteiger partial charge in [-0.1, -0.05) is 29.3 Å². The zero-order valence-electron chi connectivity index (χ0n) is 10.2. The standard InChI is InChI=1S/C13H8Cl2F2N2O/c1-6-8(14)5-9(15)12(18-6)19-13(20)7-3-2-4-10(16)11(7)17/h2-5H,1H3,(H,18,19,20). The van der Waals surface area contributed by atoms with Crippen LogP contribution in [-0.4, -0.2) is 10.9 Å². The maximum absolute atomic E-state index is 13.5. The first-order valence-corrected chi connectivity index (χ1v) is 6.23. The molecule has 1 aromatic carbocycles. The molecule has 0 radical (unpaired) electrons. The van der Waals surface area contributed by atoms with Crippen molar-refractivity contribution in [2.24, 2.45) is 0 Å². The molecule has 1 amide bonds. The van der Waals surface area contributed by atoms with E-state index in [0.29, 0.717) is 10.7 Å². The summed E-state index contributed by atoms with van der Waals surface area (Å²) in [5.41, 5.74) is 0.0153. The van der Waals surface area contributed by atoms with Crippen molar-refractivity contribution in [1.29, 1.82) is 0 Å². The second kappa shape index (κ2) is 5.73. The molecule has 0 aliphatic rings. The van der Waals surface area contributed by atoms with Crippen molar-refractivity contribution >= 4 is 34.9 Å². The predicted molar refractivity (Wildman–Crippen MR) is 73.3 cm³/mol. The van der Waals surface area contributed by atoms with Crippen LogP contribution in [-0.2, 0) is 0 Å². The fourth-order valence-corrected chi connectivity index (χ4v) is 1.91. The highest BCUT2D eigenvalue weighted by Gasteiger charge is 2.17. The largest absolute Gasteiger partial charge is 0.305 e. The van der Waals surface area contributed by atoms with Crippen molar-refractivity contribution < 1.29 is 13.6 Å². The smallest absolute Gasteiger partial charge is 0.259 e. The van der Waals surface area contributed by atoms with Crippen LogP contribution in [0, 0.1) is 18.6 Å². The van der Waals surface area contributed by atoms with Crippen molar-refractivity contribution in [1.82, 2.24) is 4.98 Å². The van der Waals surface area contributed by atoms with E-state index in [4.69, 9.17) is 23.2 Å². The molecule has 2 rings (SSSR count). The molecule has 1 heterocycles. The molecule has 1 aromatic heterocycles. The fraction of sp³-hybridized carbons (Fsp3) is 0.0769. The average molecular weight is 317 g/mol. The lowest BCUT2D eigenvalue weighted by molar-refractivity contribution is 0.102. The van der Waals surface area contributed by atoms with Gasteiger partial charge in [-0.3, -0.25) is 4.79 Å². The predicted octanol–water partition coefficient (Wildman–Crippen LogP) is 4.23. The van der Waals surface area contributed by atoms with E-state index in [1.54, 1.807) is 6.92 Å². The van der Waals surface area contributed by atoms with E-state index in [1.165, 1.54) is 12.1 Å². The molecule has 3 nitrogen and oxygen atoms in total. The van der Waals surface area contributed by atoms with Crippen molar-refractivity contribution in [3.63, 3.8) is 0 Å². The molecule has 0 atom stereocenters. The van der Waals surface area contributed by atoms with Crippen LogP contribution in [0.1, 0.15) is 16.1 Å². The Morgan fingerprint density at radius 2 is 1.95 bits per heavy atom. The van der Waals surface area contributed by atoms with Crippen LogP contribution in [0.4, 0.5) is 14.6 Å². The lowest BCUT2D eigenvalue weighted by atomic mass is 10.2. The highest BCUT2D eigenvalue weighted by atomic mass is 35.5. The molecule has 0 unspecified atom stereocenters. The molecule has 7 heteroatoms. The monoisotopic (exact) mass is 316 g/mol. The van der Waals surface area contributed by atoms with Gasteiger partial charge < -0.3 is 5.32 Å². The minimum Gasteiger partial charge on any atom is -0.305 e. The second-order valence-corrected chi connectivity index (χ2v) is 4.76. The number of hydrogen-bond donors (Lipinski definition) is 1. The van der Waals surface area contributed by atoms with Crippen LogP contribution in [0.5, 0.6) is 0 Å². The van der Waals surface area contributed by atoms with Gasteiger partial charge in [-0.15, -0.1) is 0 Å². The number of amides is 1. The van der Waals surface area contributed by atoms with Crippen molar-refractivity contribution in [2.45, 2.75) is 6.92 Å². The zero-order chi connectivity index (χ0) is 14.9. The number of anilines is 1. The minimum absolute atomic E-state index is 0.0298. The molecule has 104 valence electrons. The van der Waals surface area contributed by atoms with Crippen LogP contribution in [0.25, 0.3) is 0 Å². The Balaban J connectivity index is 2.33. The molecule has 0 spiro atoms. The third-order valence-electron chi connectivity index (χ3n) is 2.53. The summed E-state index contributed by atoms with van der Waals surface area (Å²) in [4.78, 5) is 15.9. The SMILES string of the molecule is Cc1nc(NC(=O)c2cccc(F)c2F)c(Cl)cc1Cl. The number of halogens is 4. The van der Waals surface area contributed by atoms with Gasteiger partial charge in [0.05, 0.1) is 21.3 Å². The van der Waals surface area contributed by atoms with Gasteiger partial charge in [0.25, 0.3) is 5.91 Å². The quantitative estimate of drug-likeness (QED) is 0.901. The number of pyridine rings is 1. The Morgan fingerprint density at radius 1 is 1.25 bits per heavy atom. The zero-order valence-corrected chi connectivity index (χ0v) is 11.7. The van der Waals surface area contributed by atoms with Crippen LogP contribution >= 0.6 is 23.2 Å². The van der Waals surface area contributed by atoms with Crippen molar-refractivity contribution in [3.05, 3.63) is 57.2 Å². The Morgan fingerprint density at radius 3 is 2.65 bits per heavy atom. The average Bonchev–Trinajstić information content (AvgIpc) is 2.39. The summed E-state index contributed by atoms with van der Waals surface area (Å²) in [5, 5.41) is 2.76. The molecular formula is C13H8Cl2F2N2O. The molecular weight excluding hydrogens is 309 g/mol. The van der Waals surface area contributed by atoms with Gasteiger partial charge in [-0.25, -0.2) is 13.8 Å². The highest BCUT2D eigenvalue weighted by Crippen LogP contribution is 2.26. The Bertz CT molecular complexity index is 692. The topological polar surface area (TPSA) is 42.0 Å². The van der Waals surface area contributed by atoms with E-state index in [-0.39, 0.29) is 10.8 Å². The Kier molecular flexibility index (Phi) is 4.20. The number of aryl methyl sites for hydroxylation is 1. The third-order valence-corrected chi connectivity index (χ3v) is 3.20. The molecule has 0 saturated carbocycles. The fourth-order valence-electron chi connectivity index (χ4n) is 1.50. The summed E-state index contributed by atoms with van der Waals surface area (Å²) in [7, 11) is 0. The van der Waals surface area contributed by atoms with Gasteiger partial charge in [0.1, 0.15) is 0 Å². The Hall–Kier alpha value is -1.72. The highest BCUT2D eigenvalue weighted by molar-refractivity contribution is 6.36. The molecule has 0 aliphatic heterocycles. The number of aromatic nitrogens is 1. The number of carbonyl (C=O) groups excluding carboxylic acids is 1. The number of nitrogens with one attached hydrogen (secondary N) is 1. The summed E-state index contributed by atoms with van der Waals surface area (Å²) >= 11 is 11.7. The first-order valence-electron chi connectivity index (χ1n) is 5.48. The minimum atomic E-state index is -1.23. The number of carbonyl (C=O) groups is 1. The molecule has 0 bridgehead atoms. The maximum atomic E-state index is 13.5. The van der Waals surface area contributed by atoms with Crippen molar-refractivity contribution in [2.75, 3.05) is 5.32 Å². The molecule has 1 N–H and O–H groups in total.